The summed E-state index contributed by atoms with van der Waals surface area (Å²) in [6.45, 7) is 2.82. The summed E-state index contributed by atoms with van der Waals surface area (Å²) in [5.41, 5.74) is 6.11. The van der Waals surface area contributed by atoms with E-state index in [-0.39, 0.29) is 18.6 Å². The molecule has 1 saturated heterocycles. The van der Waals surface area contributed by atoms with Gasteiger partial charge in [-0.1, -0.05) is 30.3 Å². The van der Waals surface area contributed by atoms with Gasteiger partial charge in [-0.2, -0.15) is 0 Å². The molecule has 4 nitrogen and oxygen atoms in total. The second-order valence-corrected chi connectivity index (χ2v) is 4.60. The predicted molar refractivity (Wildman–Crippen MR) is 63.1 cm³/mol. The number of carbonyl (C=O) groups is 1. The van der Waals surface area contributed by atoms with Crippen LogP contribution in [0.15, 0.2) is 30.3 Å². The number of nitrogens with two attached hydrogens (primary N) is 1. The van der Waals surface area contributed by atoms with Crippen LogP contribution >= 0.6 is 0 Å². The van der Waals surface area contributed by atoms with Gasteiger partial charge in [0, 0.05) is 6.04 Å². The summed E-state index contributed by atoms with van der Waals surface area (Å²) in [6, 6.07) is 9.30. The van der Waals surface area contributed by atoms with Crippen LogP contribution in [-0.4, -0.2) is 25.2 Å². The Morgan fingerprint density at radius 3 is 2.82 bits per heavy atom. The van der Waals surface area contributed by atoms with Crippen molar-refractivity contribution in [1.82, 2.24) is 0 Å². The van der Waals surface area contributed by atoms with E-state index in [9.17, 15) is 4.79 Å². The van der Waals surface area contributed by atoms with Gasteiger partial charge in [0.2, 0.25) is 0 Å². The lowest BCUT2D eigenvalue weighted by Crippen LogP contribution is -2.45. The summed E-state index contributed by atoms with van der Waals surface area (Å²) >= 11 is 0. The van der Waals surface area contributed by atoms with E-state index in [0.717, 1.165) is 5.56 Å². The van der Waals surface area contributed by atoms with Crippen molar-refractivity contribution in [3.63, 3.8) is 0 Å². The summed E-state index contributed by atoms with van der Waals surface area (Å²) in [5.74, 6) is -0.286. The molecule has 0 amide bonds. The van der Waals surface area contributed by atoms with Crippen LogP contribution in [-0.2, 0) is 20.9 Å². The zero-order valence-electron chi connectivity index (χ0n) is 9.89. The Hall–Kier alpha value is -1.39. The Labute approximate surface area is 101 Å². The number of benzene rings is 1. The molecule has 2 rings (SSSR count). The molecular weight excluding hydrogens is 218 g/mol. The maximum absolute atomic E-state index is 12.0. The fourth-order valence-electron chi connectivity index (χ4n) is 1.79. The van der Waals surface area contributed by atoms with Crippen LogP contribution in [0.1, 0.15) is 12.5 Å². The van der Waals surface area contributed by atoms with Crippen molar-refractivity contribution in [1.29, 1.82) is 0 Å². The SMILES string of the molecule is CC1(C(=O)OCc2ccccc2)COCC1N. The number of hydrogen-bond donors (Lipinski definition) is 1. The van der Waals surface area contributed by atoms with Crippen LogP contribution in [0.3, 0.4) is 0 Å². The van der Waals surface area contributed by atoms with Gasteiger partial charge in [-0.25, -0.2) is 0 Å². The van der Waals surface area contributed by atoms with Gasteiger partial charge in [0.15, 0.2) is 0 Å². The highest BCUT2D eigenvalue weighted by atomic mass is 16.5. The van der Waals surface area contributed by atoms with E-state index in [0.29, 0.717) is 13.2 Å². The van der Waals surface area contributed by atoms with Gasteiger partial charge >= 0.3 is 5.97 Å². The number of esters is 1. The Kier molecular flexibility index (Phi) is 3.45. The van der Waals surface area contributed by atoms with Crippen molar-refractivity contribution in [2.45, 2.75) is 19.6 Å². The van der Waals surface area contributed by atoms with Crippen molar-refractivity contribution < 1.29 is 14.3 Å². The van der Waals surface area contributed by atoms with Gasteiger partial charge in [-0.05, 0) is 12.5 Å². The molecular formula is C13H17NO3. The van der Waals surface area contributed by atoms with Crippen LogP contribution < -0.4 is 5.73 Å². The maximum Gasteiger partial charge on any atom is 0.316 e. The Bertz CT molecular complexity index is 393. The molecule has 4 heteroatoms. The lowest BCUT2D eigenvalue weighted by Gasteiger charge is -2.24. The monoisotopic (exact) mass is 235 g/mol. The first-order chi connectivity index (χ1) is 8.13. The van der Waals surface area contributed by atoms with Crippen LogP contribution in [0.25, 0.3) is 0 Å². The molecule has 2 atom stereocenters. The standard InChI is InChI=1S/C13H17NO3/c1-13(9-16-8-11(13)14)12(15)17-7-10-5-3-2-4-6-10/h2-6,11H,7-9,14H2,1H3. The molecule has 0 aromatic heterocycles. The molecule has 1 aliphatic rings. The normalized spacial score (nSPS) is 28.0. The quantitative estimate of drug-likeness (QED) is 0.797. The van der Waals surface area contributed by atoms with Gasteiger partial charge in [0.25, 0.3) is 0 Å². The van der Waals surface area contributed by atoms with E-state index in [1.54, 1.807) is 6.92 Å². The summed E-state index contributed by atoms with van der Waals surface area (Å²) < 4.78 is 10.5. The van der Waals surface area contributed by atoms with E-state index >= 15 is 0 Å². The number of carbonyl (C=O) groups excluding carboxylic acids is 1. The topological polar surface area (TPSA) is 61.5 Å². The number of rotatable bonds is 3. The lowest BCUT2D eigenvalue weighted by atomic mass is 9.86. The first-order valence-electron chi connectivity index (χ1n) is 5.67. The van der Waals surface area contributed by atoms with Crippen LogP contribution in [0.2, 0.25) is 0 Å². The van der Waals surface area contributed by atoms with Crippen molar-refractivity contribution >= 4 is 5.97 Å². The van der Waals surface area contributed by atoms with Crippen molar-refractivity contribution in [2.75, 3.05) is 13.2 Å². The minimum absolute atomic E-state index is 0.280. The fraction of sp³-hybridized carbons (Fsp3) is 0.462. The van der Waals surface area contributed by atoms with Crippen LogP contribution in [0.5, 0.6) is 0 Å². The molecule has 1 aromatic carbocycles. The van der Waals surface area contributed by atoms with Gasteiger partial charge < -0.3 is 15.2 Å². The third-order valence-electron chi connectivity index (χ3n) is 3.20. The lowest BCUT2D eigenvalue weighted by molar-refractivity contribution is -0.156. The van der Waals surface area contributed by atoms with Crippen molar-refractivity contribution in [3.05, 3.63) is 35.9 Å². The molecule has 0 spiro atoms. The number of ether oxygens (including phenoxy) is 2. The number of hydrogen-bond acceptors (Lipinski definition) is 4. The third kappa shape index (κ3) is 2.48. The Balaban J connectivity index is 1.94. The Morgan fingerprint density at radius 1 is 1.53 bits per heavy atom. The highest BCUT2D eigenvalue weighted by Gasteiger charge is 2.45. The van der Waals surface area contributed by atoms with Crippen molar-refractivity contribution in [2.24, 2.45) is 11.1 Å². The summed E-state index contributed by atoms with van der Waals surface area (Å²) in [6.07, 6.45) is 0. The van der Waals surface area contributed by atoms with E-state index in [2.05, 4.69) is 0 Å². The fourth-order valence-corrected chi connectivity index (χ4v) is 1.79. The molecule has 0 bridgehead atoms. The minimum Gasteiger partial charge on any atom is -0.460 e. The zero-order chi connectivity index (χ0) is 12.3. The van der Waals surface area contributed by atoms with Gasteiger partial charge in [0.1, 0.15) is 12.0 Å². The molecule has 2 N–H and O–H groups in total. The summed E-state index contributed by atoms with van der Waals surface area (Å²) in [4.78, 5) is 12.0. The van der Waals surface area contributed by atoms with Gasteiger partial charge in [0.05, 0.1) is 13.2 Å². The smallest absolute Gasteiger partial charge is 0.316 e. The second kappa shape index (κ2) is 4.85. The summed E-state index contributed by atoms with van der Waals surface area (Å²) in [5, 5.41) is 0. The van der Waals surface area contributed by atoms with E-state index in [1.165, 1.54) is 0 Å². The van der Waals surface area contributed by atoms with E-state index in [4.69, 9.17) is 15.2 Å². The molecule has 0 saturated carbocycles. The second-order valence-electron chi connectivity index (χ2n) is 4.60. The third-order valence-corrected chi connectivity index (χ3v) is 3.20. The Morgan fingerprint density at radius 2 is 2.24 bits per heavy atom. The summed E-state index contributed by atoms with van der Waals surface area (Å²) in [7, 11) is 0. The zero-order valence-corrected chi connectivity index (χ0v) is 9.89. The van der Waals surface area contributed by atoms with E-state index in [1.807, 2.05) is 30.3 Å². The molecule has 92 valence electrons. The average Bonchev–Trinajstić information content (AvgIpc) is 2.69. The largest absolute Gasteiger partial charge is 0.460 e. The first kappa shape index (κ1) is 12.1. The van der Waals surface area contributed by atoms with Gasteiger partial charge in [-0.15, -0.1) is 0 Å². The highest BCUT2D eigenvalue weighted by molar-refractivity contribution is 5.78. The molecule has 0 aliphatic carbocycles. The van der Waals surface area contributed by atoms with Gasteiger partial charge in [-0.3, -0.25) is 4.79 Å². The molecule has 0 radical (unpaired) electrons. The van der Waals surface area contributed by atoms with Crippen molar-refractivity contribution in [3.8, 4) is 0 Å². The minimum atomic E-state index is -0.714. The molecule has 1 aliphatic heterocycles. The highest BCUT2D eigenvalue weighted by Crippen LogP contribution is 2.28. The van der Waals surface area contributed by atoms with Crippen LogP contribution in [0.4, 0.5) is 0 Å². The predicted octanol–water partition coefficient (Wildman–Crippen LogP) is 1.09. The molecule has 1 fully saturated rings. The first-order valence-corrected chi connectivity index (χ1v) is 5.67. The molecule has 1 heterocycles. The average molecular weight is 235 g/mol. The maximum atomic E-state index is 12.0. The van der Waals surface area contributed by atoms with Crippen LogP contribution in [0, 0.1) is 5.41 Å². The van der Waals surface area contributed by atoms with E-state index < -0.39 is 5.41 Å². The molecule has 1 aromatic rings. The molecule has 17 heavy (non-hydrogen) atoms. The molecule has 2 unspecified atom stereocenters.